The topological polar surface area (TPSA) is 68.8 Å². The SMILES string of the molecule is CCNC(=NCCC(=O)NC(C)CC)NC1CCN(c2c(F)cccc2F)C1.I. The molecule has 0 radical (unpaired) electrons. The second-order valence-corrected chi connectivity index (χ2v) is 7.03. The summed E-state index contributed by atoms with van der Waals surface area (Å²) in [7, 11) is 0. The predicted molar refractivity (Wildman–Crippen MR) is 124 cm³/mol. The molecule has 2 atom stereocenters. The smallest absolute Gasteiger partial charge is 0.222 e. The van der Waals surface area contributed by atoms with E-state index in [-0.39, 0.29) is 47.7 Å². The second-order valence-electron chi connectivity index (χ2n) is 7.03. The van der Waals surface area contributed by atoms with Crippen LogP contribution < -0.4 is 20.9 Å². The molecule has 1 aromatic carbocycles. The van der Waals surface area contributed by atoms with Crippen LogP contribution in [0, 0.1) is 11.6 Å². The Morgan fingerprint density at radius 2 is 2.00 bits per heavy atom. The molecule has 0 aliphatic carbocycles. The summed E-state index contributed by atoms with van der Waals surface area (Å²) in [6.45, 7) is 8.05. The Kier molecular flexibility index (Phi) is 11.2. The van der Waals surface area contributed by atoms with Crippen molar-refractivity contribution in [3.8, 4) is 0 Å². The number of halogens is 3. The third kappa shape index (κ3) is 7.94. The van der Waals surface area contributed by atoms with E-state index in [0.29, 0.717) is 38.6 Å². The molecule has 29 heavy (non-hydrogen) atoms. The van der Waals surface area contributed by atoms with Crippen LogP contribution in [0.3, 0.4) is 0 Å². The number of nitrogens with zero attached hydrogens (tertiary/aromatic N) is 2. The van der Waals surface area contributed by atoms with Crippen molar-refractivity contribution in [2.75, 3.05) is 31.1 Å². The first-order valence-electron chi connectivity index (χ1n) is 9.97. The van der Waals surface area contributed by atoms with Crippen LogP contribution in [0.4, 0.5) is 14.5 Å². The molecule has 0 saturated carbocycles. The molecule has 0 aromatic heterocycles. The van der Waals surface area contributed by atoms with Crippen LogP contribution in [0.2, 0.25) is 0 Å². The van der Waals surface area contributed by atoms with Gasteiger partial charge in [0.05, 0.1) is 6.54 Å². The van der Waals surface area contributed by atoms with E-state index in [1.807, 2.05) is 20.8 Å². The van der Waals surface area contributed by atoms with Gasteiger partial charge in [-0.25, -0.2) is 8.78 Å². The number of benzene rings is 1. The largest absolute Gasteiger partial charge is 0.365 e. The Balaban J connectivity index is 0.00000420. The highest BCUT2D eigenvalue weighted by Gasteiger charge is 2.27. The maximum absolute atomic E-state index is 14.0. The summed E-state index contributed by atoms with van der Waals surface area (Å²) in [5.41, 5.74) is 0.0236. The molecule has 9 heteroatoms. The first-order valence-corrected chi connectivity index (χ1v) is 9.97. The van der Waals surface area contributed by atoms with E-state index in [2.05, 4.69) is 20.9 Å². The van der Waals surface area contributed by atoms with Gasteiger partial charge < -0.3 is 20.9 Å². The van der Waals surface area contributed by atoms with E-state index >= 15 is 0 Å². The number of para-hydroxylation sites is 1. The summed E-state index contributed by atoms with van der Waals surface area (Å²) in [6, 6.07) is 4.09. The van der Waals surface area contributed by atoms with Crippen molar-refractivity contribution in [2.45, 2.75) is 52.1 Å². The van der Waals surface area contributed by atoms with Crippen LogP contribution in [0.25, 0.3) is 0 Å². The van der Waals surface area contributed by atoms with Crippen molar-refractivity contribution in [3.05, 3.63) is 29.8 Å². The lowest BCUT2D eigenvalue weighted by molar-refractivity contribution is -0.121. The Morgan fingerprint density at radius 1 is 1.31 bits per heavy atom. The maximum atomic E-state index is 14.0. The Hall–Kier alpha value is -1.65. The number of aliphatic imine (C=N–C) groups is 1. The number of amides is 1. The zero-order valence-corrected chi connectivity index (χ0v) is 19.6. The molecule has 1 aliphatic rings. The van der Waals surface area contributed by atoms with Gasteiger partial charge in [-0.15, -0.1) is 24.0 Å². The zero-order valence-electron chi connectivity index (χ0n) is 17.3. The minimum absolute atomic E-state index is 0. The van der Waals surface area contributed by atoms with Crippen molar-refractivity contribution in [3.63, 3.8) is 0 Å². The van der Waals surface area contributed by atoms with E-state index in [9.17, 15) is 13.6 Å². The second kappa shape index (κ2) is 12.8. The molecular formula is C20H32F2IN5O. The van der Waals surface area contributed by atoms with Gasteiger partial charge in [-0.2, -0.15) is 0 Å². The van der Waals surface area contributed by atoms with Crippen molar-refractivity contribution in [1.82, 2.24) is 16.0 Å². The fourth-order valence-electron chi connectivity index (χ4n) is 3.10. The minimum atomic E-state index is -0.548. The van der Waals surface area contributed by atoms with Crippen LogP contribution in [0.15, 0.2) is 23.2 Å². The van der Waals surface area contributed by atoms with Crippen molar-refractivity contribution in [1.29, 1.82) is 0 Å². The summed E-state index contributed by atoms with van der Waals surface area (Å²) < 4.78 is 28.0. The molecular weight excluding hydrogens is 491 g/mol. The molecule has 2 rings (SSSR count). The van der Waals surface area contributed by atoms with E-state index in [1.54, 1.807) is 4.90 Å². The van der Waals surface area contributed by atoms with Crippen LogP contribution in [0.1, 0.15) is 40.0 Å². The van der Waals surface area contributed by atoms with Gasteiger partial charge in [0.1, 0.15) is 17.3 Å². The molecule has 1 fully saturated rings. The van der Waals surface area contributed by atoms with Gasteiger partial charge in [0.15, 0.2) is 5.96 Å². The van der Waals surface area contributed by atoms with E-state index in [0.717, 1.165) is 12.8 Å². The normalized spacial score (nSPS) is 17.5. The number of hydrogen-bond donors (Lipinski definition) is 3. The number of hydrogen-bond acceptors (Lipinski definition) is 3. The van der Waals surface area contributed by atoms with Crippen molar-refractivity contribution < 1.29 is 13.6 Å². The van der Waals surface area contributed by atoms with Gasteiger partial charge in [-0.1, -0.05) is 13.0 Å². The lowest BCUT2D eigenvalue weighted by Crippen LogP contribution is -2.45. The third-order valence-electron chi connectivity index (χ3n) is 4.76. The third-order valence-corrected chi connectivity index (χ3v) is 4.76. The summed E-state index contributed by atoms with van der Waals surface area (Å²) >= 11 is 0. The molecule has 6 nitrogen and oxygen atoms in total. The van der Waals surface area contributed by atoms with Crippen molar-refractivity contribution >= 4 is 41.5 Å². The van der Waals surface area contributed by atoms with Gasteiger partial charge in [0.25, 0.3) is 0 Å². The highest BCUT2D eigenvalue weighted by molar-refractivity contribution is 14.0. The highest BCUT2D eigenvalue weighted by atomic mass is 127. The number of carbonyl (C=O) groups excluding carboxylic acids is 1. The van der Waals surface area contributed by atoms with E-state index in [4.69, 9.17) is 0 Å². The fraction of sp³-hybridized carbons (Fsp3) is 0.600. The monoisotopic (exact) mass is 523 g/mol. The fourth-order valence-corrected chi connectivity index (χ4v) is 3.10. The van der Waals surface area contributed by atoms with Crippen molar-refractivity contribution in [2.24, 2.45) is 4.99 Å². The Bertz CT molecular complexity index is 669. The maximum Gasteiger partial charge on any atom is 0.222 e. The Labute approximate surface area is 188 Å². The molecule has 1 heterocycles. The van der Waals surface area contributed by atoms with Crippen LogP contribution in [-0.2, 0) is 4.79 Å². The molecule has 1 saturated heterocycles. The quantitative estimate of drug-likeness (QED) is 0.279. The lowest BCUT2D eigenvalue weighted by atomic mass is 10.2. The number of carbonyl (C=O) groups is 1. The summed E-state index contributed by atoms with van der Waals surface area (Å²) in [6.07, 6.45) is 1.95. The summed E-state index contributed by atoms with van der Waals surface area (Å²) in [5, 5.41) is 9.37. The molecule has 1 aliphatic heterocycles. The van der Waals surface area contributed by atoms with Crippen LogP contribution in [0.5, 0.6) is 0 Å². The van der Waals surface area contributed by atoms with Gasteiger partial charge >= 0.3 is 0 Å². The van der Waals surface area contributed by atoms with Crippen LogP contribution >= 0.6 is 24.0 Å². The molecule has 164 valence electrons. The molecule has 0 bridgehead atoms. The van der Waals surface area contributed by atoms with Gasteiger partial charge in [-0.05, 0) is 38.8 Å². The number of guanidine groups is 1. The first kappa shape index (κ1) is 25.4. The molecule has 1 amide bonds. The van der Waals surface area contributed by atoms with E-state index in [1.165, 1.54) is 18.2 Å². The van der Waals surface area contributed by atoms with Gasteiger partial charge in [-0.3, -0.25) is 9.79 Å². The molecule has 3 N–H and O–H groups in total. The number of rotatable bonds is 8. The first-order chi connectivity index (χ1) is 13.4. The zero-order chi connectivity index (χ0) is 20.5. The number of anilines is 1. The van der Waals surface area contributed by atoms with Gasteiger partial charge in [0.2, 0.25) is 5.91 Å². The standard InChI is InChI=1S/C20H31F2N5O.HI/c1-4-14(3)25-18(28)9-11-24-20(23-5-2)26-15-10-12-27(13-15)19-16(21)7-6-8-17(19)22;/h6-8,14-15H,4-5,9-13H2,1-3H3,(H,25,28)(H2,23,24,26);1H. The molecule has 0 spiro atoms. The van der Waals surface area contributed by atoms with Gasteiger partial charge in [0, 0.05) is 38.1 Å². The van der Waals surface area contributed by atoms with E-state index < -0.39 is 11.6 Å². The molecule has 2 unspecified atom stereocenters. The average molecular weight is 523 g/mol. The lowest BCUT2D eigenvalue weighted by Gasteiger charge is -2.21. The Morgan fingerprint density at radius 3 is 2.62 bits per heavy atom. The summed E-state index contributed by atoms with van der Waals surface area (Å²) in [5.74, 6) is -0.502. The summed E-state index contributed by atoms with van der Waals surface area (Å²) in [4.78, 5) is 18.0. The highest BCUT2D eigenvalue weighted by Crippen LogP contribution is 2.26. The predicted octanol–water partition coefficient (Wildman–Crippen LogP) is 3.02. The molecule has 1 aromatic rings. The minimum Gasteiger partial charge on any atom is -0.365 e. The van der Waals surface area contributed by atoms with Crippen LogP contribution in [-0.4, -0.2) is 50.1 Å². The number of nitrogens with one attached hydrogen (secondary N) is 3. The average Bonchev–Trinajstić information content (AvgIpc) is 3.09.